The first-order valence-electron chi connectivity index (χ1n) is 7.04. The molecule has 0 unspecified atom stereocenters. The van der Waals surface area contributed by atoms with Gasteiger partial charge in [0.25, 0.3) is 0 Å². The van der Waals surface area contributed by atoms with Gasteiger partial charge in [-0.25, -0.2) is 4.39 Å². The molecule has 2 rings (SSSR count). The van der Waals surface area contributed by atoms with Crippen molar-refractivity contribution in [1.29, 1.82) is 0 Å². The topological polar surface area (TPSA) is 43.8 Å². The third kappa shape index (κ3) is 4.28. The zero-order valence-electron chi connectivity index (χ0n) is 11.6. The molecule has 1 saturated heterocycles. The lowest BCUT2D eigenvalue weighted by atomic mass is 10.1. The van der Waals surface area contributed by atoms with Gasteiger partial charge in [-0.05, 0) is 24.1 Å². The minimum Gasteiger partial charge on any atom is -0.395 e. The summed E-state index contributed by atoms with van der Waals surface area (Å²) in [5.74, 6) is -0.134. The molecule has 1 aromatic carbocycles. The minimum atomic E-state index is -0.257. The summed E-state index contributed by atoms with van der Waals surface area (Å²) in [7, 11) is 0. The first-order chi connectivity index (χ1) is 9.69. The second-order valence-corrected chi connectivity index (χ2v) is 5.08. The molecule has 4 nitrogen and oxygen atoms in total. The maximum Gasteiger partial charge on any atom is 0.222 e. The monoisotopic (exact) mass is 280 g/mol. The highest BCUT2D eigenvalue weighted by Crippen LogP contribution is 2.09. The number of benzene rings is 1. The molecule has 110 valence electrons. The van der Waals surface area contributed by atoms with Gasteiger partial charge in [-0.3, -0.25) is 9.69 Å². The fourth-order valence-corrected chi connectivity index (χ4v) is 2.46. The lowest BCUT2D eigenvalue weighted by molar-refractivity contribution is -0.132. The molecule has 0 saturated carbocycles. The summed E-state index contributed by atoms with van der Waals surface area (Å²) in [6, 6.07) is 6.40. The SMILES string of the molecule is O=C(CCc1cccc(F)c1)N1CCN(CCO)CC1. The first kappa shape index (κ1) is 14.9. The van der Waals surface area contributed by atoms with E-state index in [0.29, 0.717) is 32.5 Å². The van der Waals surface area contributed by atoms with Crippen molar-refractivity contribution in [3.63, 3.8) is 0 Å². The molecule has 1 aliphatic heterocycles. The fraction of sp³-hybridized carbons (Fsp3) is 0.533. The van der Waals surface area contributed by atoms with E-state index in [2.05, 4.69) is 4.90 Å². The molecule has 1 N–H and O–H groups in total. The number of halogens is 1. The first-order valence-corrected chi connectivity index (χ1v) is 7.04. The van der Waals surface area contributed by atoms with Crippen LogP contribution in [0.15, 0.2) is 24.3 Å². The largest absolute Gasteiger partial charge is 0.395 e. The van der Waals surface area contributed by atoms with Crippen molar-refractivity contribution < 1.29 is 14.3 Å². The van der Waals surface area contributed by atoms with Crippen molar-refractivity contribution in [2.75, 3.05) is 39.3 Å². The Morgan fingerprint density at radius 2 is 2.00 bits per heavy atom. The lowest BCUT2D eigenvalue weighted by Gasteiger charge is -2.34. The Labute approximate surface area is 118 Å². The number of hydrogen-bond donors (Lipinski definition) is 1. The van der Waals surface area contributed by atoms with Crippen LogP contribution >= 0.6 is 0 Å². The summed E-state index contributed by atoms with van der Waals surface area (Å²) < 4.78 is 13.0. The quantitative estimate of drug-likeness (QED) is 0.871. The number of hydrogen-bond acceptors (Lipinski definition) is 3. The highest BCUT2D eigenvalue weighted by atomic mass is 19.1. The summed E-state index contributed by atoms with van der Waals surface area (Å²) >= 11 is 0. The summed E-state index contributed by atoms with van der Waals surface area (Å²) in [5.41, 5.74) is 0.859. The maximum atomic E-state index is 13.0. The summed E-state index contributed by atoms with van der Waals surface area (Å²) in [4.78, 5) is 16.1. The number of aliphatic hydroxyl groups excluding tert-OH is 1. The van der Waals surface area contributed by atoms with Crippen LogP contribution < -0.4 is 0 Å². The summed E-state index contributed by atoms with van der Waals surface area (Å²) in [6.45, 7) is 3.88. The number of piperazine rings is 1. The van der Waals surface area contributed by atoms with Gasteiger partial charge in [0.1, 0.15) is 5.82 Å². The van der Waals surface area contributed by atoms with Gasteiger partial charge in [0.15, 0.2) is 0 Å². The van der Waals surface area contributed by atoms with Crippen molar-refractivity contribution in [2.24, 2.45) is 0 Å². The normalized spacial score (nSPS) is 16.4. The van der Waals surface area contributed by atoms with Crippen molar-refractivity contribution in [3.8, 4) is 0 Å². The molecule has 0 radical (unpaired) electrons. The molecule has 1 heterocycles. The Kier molecular flexibility index (Phi) is 5.49. The van der Waals surface area contributed by atoms with Crippen LogP contribution in [0.2, 0.25) is 0 Å². The van der Waals surface area contributed by atoms with Crippen LogP contribution in [0.4, 0.5) is 4.39 Å². The van der Waals surface area contributed by atoms with Crippen LogP contribution in [0.5, 0.6) is 0 Å². The molecular weight excluding hydrogens is 259 g/mol. The molecular formula is C15H21FN2O2. The number of β-amino-alcohol motifs (C(OH)–C–C–N with tert-alkyl or cyclic N) is 1. The van der Waals surface area contributed by atoms with E-state index in [0.717, 1.165) is 18.7 Å². The van der Waals surface area contributed by atoms with E-state index < -0.39 is 0 Å². The zero-order valence-corrected chi connectivity index (χ0v) is 11.6. The van der Waals surface area contributed by atoms with Gasteiger partial charge in [-0.1, -0.05) is 12.1 Å². The van der Waals surface area contributed by atoms with Crippen LogP contribution in [0.3, 0.4) is 0 Å². The molecule has 1 amide bonds. The van der Waals surface area contributed by atoms with Crippen LogP contribution in [-0.4, -0.2) is 60.1 Å². The number of rotatable bonds is 5. The Morgan fingerprint density at radius 3 is 2.65 bits per heavy atom. The average molecular weight is 280 g/mol. The standard InChI is InChI=1S/C15H21FN2O2/c16-14-3-1-2-13(12-14)4-5-15(20)18-8-6-17(7-9-18)10-11-19/h1-3,12,19H,4-11H2. The van der Waals surface area contributed by atoms with Gasteiger partial charge < -0.3 is 10.0 Å². The number of carbonyl (C=O) groups excluding carboxylic acids is 1. The highest BCUT2D eigenvalue weighted by molar-refractivity contribution is 5.76. The van der Waals surface area contributed by atoms with Crippen molar-refractivity contribution in [3.05, 3.63) is 35.6 Å². The second kappa shape index (κ2) is 7.36. The van der Waals surface area contributed by atoms with Gasteiger partial charge in [-0.15, -0.1) is 0 Å². The molecule has 1 fully saturated rings. The predicted molar refractivity (Wildman–Crippen MR) is 74.8 cm³/mol. The molecule has 1 aromatic rings. The second-order valence-electron chi connectivity index (χ2n) is 5.08. The van der Waals surface area contributed by atoms with Crippen LogP contribution in [0, 0.1) is 5.82 Å². The molecule has 0 aromatic heterocycles. The van der Waals surface area contributed by atoms with Gasteiger partial charge in [0.2, 0.25) is 5.91 Å². The molecule has 0 atom stereocenters. The fourth-order valence-electron chi connectivity index (χ4n) is 2.46. The van der Waals surface area contributed by atoms with Crippen LogP contribution in [0.25, 0.3) is 0 Å². The Morgan fingerprint density at radius 1 is 1.25 bits per heavy atom. The maximum absolute atomic E-state index is 13.0. The van der Waals surface area contributed by atoms with Gasteiger partial charge in [0.05, 0.1) is 6.61 Å². The minimum absolute atomic E-state index is 0.123. The van der Waals surface area contributed by atoms with E-state index in [1.54, 1.807) is 6.07 Å². The van der Waals surface area contributed by atoms with E-state index in [1.165, 1.54) is 12.1 Å². The number of carbonyl (C=O) groups is 1. The molecule has 0 bridgehead atoms. The van der Waals surface area contributed by atoms with E-state index >= 15 is 0 Å². The van der Waals surface area contributed by atoms with E-state index in [4.69, 9.17) is 5.11 Å². The molecule has 5 heteroatoms. The number of aliphatic hydroxyl groups is 1. The van der Waals surface area contributed by atoms with Crippen molar-refractivity contribution in [2.45, 2.75) is 12.8 Å². The van der Waals surface area contributed by atoms with Gasteiger partial charge in [0, 0.05) is 39.1 Å². The van der Waals surface area contributed by atoms with E-state index in [-0.39, 0.29) is 18.3 Å². The smallest absolute Gasteiger partial charge is 0.222 e. The molecule has 0 spiro atoms. The summed E-state index contributed by atoms with van der Waals surface area (Å²) in [6.07, 6.45) is 0.997. The van der Waals surface area contributed by atoms with Crippen molar-refractivity contribution in [1.82, 2.24) is 9.80 Å². The Balaban J connectivity index is 1.76. The van der Waals surface area contributed by atoms with Crippen LogP contribution in [0.1, 0.15) is 12.0 Å². The van der Waals surface area contributed by atoms with Crippen LogP contribution in [-0.2, 0) is 11.2 Å². The average Bonchev–Trinajstić information content (AvgIpc) is 2.46. The van der Waals surface area contributed by atoms with E-state index in [1.807, 2.05) is 11.0 Å². The number of aryl methyl sites for hydroxylation is 1. The van der Waals surface area contributed by atoms with Crippen molar-refractivity contribution >= 4 is 5.91 Å². The molecule has 20 heavy (non-hydrogen) atoms. The Bertz CT molecular complexity index is 445. The Hall–Kier alpha value is -1.46. The predicted octanol–water partition coefficient (Wildman–Crippen LogP) is 0.895. The number of nitrogens with zero attached hydrogens (tertiary/aromatic N) is 2. The third-order valence-corrected chi connectivity index (χ3v) is 3.66. The van der Waals surface area contributed by atoms with Gasteiger partial charge in [-0.2, -0.15) is 0 Å². The molecule has 1 aliphatic rings. The van der Waals surface area contributed by atoms with Gasteiger partial charge >= 0.3 is 0 Å². The van der Waals surface area contributed by atoms with E-state index in [9.17, 15) is 9.18 Å². The lowest BCUT2D eigenvalue weighted by Crippen LogP contribution is -2.49. The zero-order chi connectivity index (χ0) is 14.4. The third-order valence-electron chi connectivity index (χ3n) is 3.66. The number of amides is 1. The summed E-state index contributed by atoms with van der Waals surface area (Å²) in [5, 5.41) is 8.87. The highest BCUT2D eigenvalue weighted by Gasteiger charge is 2.20. The molecule has 0 aliphatic carbocycles.